The molecule has 0 radical (unpaired) electrons. The molecule has 2 aliphatic rings. The zero-order valence-electron chi connectivity index (χ0n) is 14.4. The Morgan fingerprint density at radius 2 is 2.00 bits per heavy atom. The van der Waals surface area contributed by atoms with Gasteiger partial charge in [0.2, 0.25) is 15.9 Å². The van der Waals surface area contributed by atoms with Crippen molar-refractivity contribution < 1.29 is 17.9 Å². The molecule has 1 aromatic rings. The van der Waals surface area contributed by atoms with Crippen molar-refractivity contribution in [3.8, 4) is 5.75 Å². The van der Waals surface area contributed by atoms with Gasteiger partial charge in [0.25, 0.3) is 0 Å². The fourth-order valence-electron chi connectivity index (χ4n) is 3.39. The van der Waals surface area contributed by atoms with E-state index in [-0.39, 0.29) is 16.9 Å². The number of anilines is 1. The number of sulfonamides is 1. The molecule has 2 heterocycles. The van der Waals surface area contributed by atoms with Crippen molar-refractivity contribution in [1.29, 1.82) is 0 Å². The van der Waals surface area contributed by atoms with Crippen LogP contribution >= 0.6 is 0 Å². The third-order valence-electron chi connectivity index (χ3n) is 4.63. The fraction of sp³-hybridized carbons (Fsp3) is 0.588. The fourth-order valence-corrected chi connectivity index (χ4v) is 5.01. The van der Waals surface area contributed by atoms with Crippen LogP contribution in [0.15, 0.2) is 23.1 Å². The number of hydrogen-bond donors (Lipinski definition) is 0. The second-order valence-corrected chi connectivity index (χ2v) is 8.74. The number of ether oxygens (including phenoxy) is 1. The average Bonchev–Trinajstić information content (AvgIpc) is 2.53. The molecule has 3 rings (SSSR count). The van der Waals surface area contributed by atoms with Crippen LogP contribution in [0.5, 0.6) is 5.75 Å². The van der Waals surface area contributed by atoms with E-state index in [0.29, 0.717) is 37.0 Å². The number of carbonyl (C=O) groups is 1. The Balaban J connectivity index is 1.98. The molecule has 1 fully saturated rings. The number of nitrogens with zero attached hydrogens (tertiary/aromatic N) is 2. The molecule has 7 heteroatoms. The van der Waals surface area contributed by atoms with E-state index in [1.165, 1.54) is 6.92 Å². The van der Waals surface area contributed by atoms with E-state index in [4.69, 9.17) is 4.74 Å². The normalized spacial score (nSPS) is 25.0. The highest BCUT2D eigenvalue weighted by molar-refractivity contribution is 7.89. The Morgan fingerprint density at radius 3 is 2.67 bits per heavy atom. The van der Waals surface area contributed by atoms with Gasteiger partial charge in [-0.3, -0.25) is 4.79 Å². The van der Waals surface area contributed by atoms with Crippen molar-refractivity contribution in [1.82, 2.24) is 4.31 Å². The third kappa shape index (κ3) is 3.15. The van der Waals surface area contributed by atoms with Crippen molar-refractivity contribution in [2.75, 3.05) is 24.5 Å². The van der Waals surface area contributed by atoms with Gasteiger partial charge in [0.15, 0.2) is 0 Å². The molecule has 0 spiro atoms. The van der Waals surface area contributed by atoms with Gasteiger partial charge in [-0.05, 0) is 43.9 Å². The minimum Gasteiger partial charge on any atom is -0.487 e. The summed E-state index contributed by atoms with van der Waals surface area (Å²) in [5.74, 6) is 0.798. The highest BCUT2D eigenvalue weighted by Gasteiger charge is 2.32. The van der Waals surface area contributed by atoms with Gasteiger partial charge in [-0.25, -0.2) is 8.42 Å². The molecule has 132 valence electrons. The van der Waals surface area contributed by atoms with Gasteiger partial charge < -0.3 is 9.64 Å². The number of benzene rings is 1. The van der Waals surface area contributed by atoms with E-state index in [1.807, 2.05) is 6.92 Å². The molecule has 1 aromatic carbocycles. The molecule has 0 saturated carbocycles. The summed E-state index contributed by atoms with van der Waals surface area (Å²) in [6, 6.07) is 4.79. The summed E-state index contributed by atoms with van der Waals surface area (Å²) in [4.78, 5) is 13.7. The van der Waals surface area contributed by atoms with E-state index < -0.39 is 10.0 Å². The number of carbonyl (C=O) groups excluding carboxylic acids is 1. The lowest BCUT2D eigenvalue weighted by Crippen LogP contribution is -2.42. The van der Waals surface area contributed by atoms with Crippen LogP contribution < -0.4 is 9.64 Å². The van der Waals surface area contributed by atoms with Gasteiger partial charge in [-0.2, -0.15) is 4.31 Å². The molecule has 2 atom stereocenters. The minimum absolute atomic E-state index is 0.118. The van der Waals surface area contributed by atoms with E-state index in [2.05, 4.69) is 6.92 Å². The van der Waals surface area contributed by atoms with Crippen LogP contribution in [0, 0.1) is 5.92 Å². The van der Waals surface area contributed by atoms with Crippen LogP contribution in [0.4, 0.5) is 5.69 Å². The van der Waals surface area contributed by atoms with Gasteiger partial charge in [-0.15, -0.1) is 0 Å². The average molecular weight is 352 g/mol. The van der Waals surface area contributed by atoms with Gasteiger partial charge in [-0.1, -0.05) is 6.92 Å². The van der Waals surface area contributed by atoms with Crippen molar-refractivity contribution in [3.05, 3.63) is 18.2 Å². The Kier molecular flexibility index (Phi) is 4.57. The molecule has 2 aliphatic heterocycles. The van der Waals surface area contributed by atoms with E-state index in [0.717, 1.165) is 12.8 Å². The monoisotopic (exact) mass is 352 g/mol. The quantitative estimate of drug-likeness (QED) is 0.819. The van der Waals surface area contributed by atoms with Crippen LogP contribution in [0.3, 0.4) is 0 Å². The first-order valence-corrected chi connectivity index (χ1v) is 9.82. The molecule has 1 amide bonds. The molecule has 2 unspecified atom stereocenters. The predicted octanol–water partition coefficient (Wildman–Crippen LogP) is 2.24. The number of amides is 1. The zero-order chi connectivity index (χ0) is 17.5. The summed E-state index contributed by atoms with van der Waals surface area (Å²) in [6.07, 6.45) is 1.82. The minimum atomic E-state index is -3.55. The first-order valence-electron chi connectivity index (χ1n) is 8.38. The van der Waals surface area contributed by atoms with Gasteiger partial charge >= 0.3 is 0 Å². The standard InChI is InChI=1S/C17H24N2O4S/c1-12-5-4-8-18(10-12)24(21,22)15-6-7-17-16(9-15)19(14(3)20)11-13(2)23-17/h6-7,9,12-13H,4-5,8,10-11H2,1-3H3. The Labute approximate surface area is 143 Å². The Morgan fingerprint density at radius 1 is 1.25 bits per heavy atom. The number of hydrogen-bond acceptors (Lipinski definition) is 4. The van der Waals surface area contributed by atoms with Gasteiger partial charge in [0.05, 0.1) is 17.1 Å². The lowest BCUT2D eigenvalue weighted by atomic mass is 10.0. The van der Waals surface area contributed by atoms with Crippen LogP contribution in [-0.4, -0.2) is 44.4 Å². The zero-order valence-corrected chi connectivity index (χ0v) is 15.2. The summed E-state index contributed by atoms with van der Waals surface area (Å²) in [6.45, 7) is 6.96. The van der Waals surface area contributed by atoms with Crippen LogP contribution in [-0.2, 0) is 14.8 Å². The third-order valence-corrected chi connectivity index (χ3v) is 6.49. The first-order chi connectivity index (χ1) is 11.3. The maximum atomic E-state index is 12.9. The lowest BCUT2D eigenvalue weighted by molar-refractivity contribution is -0.117. The maximum absolute atomic E-state index is 12.9. The predicted molar refractivity (Wildman–Crippen MR) is 91.7 cm³/mol. The summed E-state index contributed by atoms with van der Waals surface area (Å²) >= 11 is 0. The molecule has 0 aromatic heterocycles. The van der Waals surface area contributed by atoms with E-state index in [1.54, 1.807) is 27.4 Å². The van der Waals surface area contributed by atoms with Crippen molar-refractivity contribution in [2.24, 2.45) is 5.92 Å². The number of piperidine rings is 1. The molecule has 6 nitrogen and oxygen atoms in total. The number of rotatable bonds is 2. The second-order valence-electron chi connectivity index (χ2n) is 6.80. The maximum Gasteiger partial charge on any atom is 0.243 e. The highest BCUT2D eigenvalue weighted by atomic mass is 32.2. The molecular weight excluding hydrogens is 328 g/mol. The van der Waals surface area contributed by atoms with Gasteiger partial charge in [0.1, 0.15) is 11.9 Å². The highest BCUT2D eigenvalue weighted by Crippen LogP contribution is 2.36. The van der Waals surface area contributed by atoms with Crippen molar-refractivity contribution >= 4 is 21.6 Å². The van der Waals surface area contributed by atoms with Crippen molar-refractivity contribution in [3.63, 3.8) is 0 Å². The smallest absolute Gasteiger partial charge is 0.243 e. The topological polar surface area (TPSA) is 66.9 Å². The molecule has 0 bridgehead atoms. The Hall–Kier alpha value is -1.60. The van der Waals surface area contributed by atoms with Gasteiger partial charge in [0, 0.05) is 20.0 Å². The largest absolute Gasteiger partial charge is 0.487 e. The summed E-state index contributed by atoms with van der Waals surface area (Å²) in [5, 5.41) is 0. The summed E-state index contributed by atoms with van der Waals surface area (Å²) in [7, 11) is -3.55. The molecule has 0 N–H and O–H groups in total. The van der Waals surface area contributed by atoms with Crippen LogP contribution in [0.1, 0.15) is 33.6 Å². The summed E-state index contributed by atoms with van der Waals surface area (Å²) < 4.78 is 33.2. The number of fused-ring (bicyclic) bond motifs is 1. The first kappa shape index (κ1) is 17.2. The SMILES string of the molecule is CC(=O)N1CC(C)Oc2ccc(S(=O)(=O)N3CCCC(C)C3)cc21. The molecule has 0 aliphatic carbocycles. The second kappa shape index (κ2) is 6.37. The Bertz CT molecular complexity index is 747. The summed E-state index contributed by atoms with van der Waals surface area (Å²) in [5.41, 5.74) is 0.534. The van der Waals surface area contributed by atoms with E-state index >= 15 is 0 Å². The van der Waals surface area contributed by atoms with Crippen LogP contribution in [0.2, 0.25) is 0 Å². The molecule has 24 heavy (non-hydrogen) atoms. The molecular formula is C17H24N2O4S. The van der Waals surface area contributed by atoms with E-state index in [9.17, 15) is 13.2 Å². The van der Waals surface area contributed by atoms with Crippen molar-refractivity contribution in [2.45, 2.75) is 44.6 Å². The lowest BCUT2D eigenvalue weighted by Gasteiger charge is -2.34. The van der Waals surface area contributed by atoms with Crippen LogP contribution in [0.25, 0.3) is 0 Å². The molecule has 1 saturated heterocycles.